The van der Waals surface area contributed by atoms with Crippen molar-refractivity contribution in [1.29, 1.82) is 0 Å². The van der Waals surface area contributed by atoms with Crippen molar-refractivity contribution in [3.8, 4) is 44.5 Å². The molecule has 8 bridgehead atoms. The molecule has 298 valence electrons. The zero-order valence-corrected chi connectivity index (χ0v) is 33.3. The first-order chi connectivity index (χ1) is 29.0. The van der Waals surface area contributed by atoms with Gasteiger partial charge >= 0.3 is 23.9 Å². The molecule has 6 N–H and O–H groups in total. The topological polar surface area (TPSA) is 207 Å². The predicted molar refractivity (Wildman–Crippen MR) is 228 cm³/mol. The Morgan fingerprint density at radius 1 is 0.328 bits per heavy atom. The second-order valence-corrected chi connectivity index (χ2v) is 14.0. The molecule has 4 aromatic carbocycles. The Morgan fingerprint density at radius 3 is 0.705 bits per heavy atom. The normalized spacial score (nSPS) is 11.5. The predicted octanol–water partition coefficient (Wildman–Crippen LogP) is 10.1. The van der Waals surface area contributed by atoms with Crippen LogP contribution >= 0.6 is 0 Å². The van der Waals surface area contributed by atoms with Gasteiger partial charge in [0.15, 0.2) is 0 Å². The Balaban J connectivity index is 0.00000514. The number of aromatic amines is 2. The van der Waals surface area contributed by atoms with Crippen LogP contribution in [-0.4, -0.2) is 64.2 Å². The second kappa shape index (κ2) is 16.0. The Kier molecular flexibility index (Phi) is 10.4. The van der Waals surface area contributed by atoms with Gasteiger partial charge in [-0.15, -0.1) is 0 Å². The molecule has 2 aliphatic rings. The van der Waals surface area contributed by atoms with E-state index in [1.807, 2.05) is 48.6 Å². The first-order valence-corrected chi connectivity index (χ1v) is 18.5. The average Bonchev–Trinajstić information content (AvgIpc) is 4.10. The SMILES string of the molecule is O=C(O)c1ccc(-c2c3nc(c(-c4ccc(C(=O)O)cc4)c4ccc([nH]4)c(-c4ccc(C(=O)O)cc4)c4nc(c(-c5ccc(C(=O)O)cc5)c5ccc2[nH]5)C=C4)C=C3)cc1.[Ru]. The number of nitrogens with zero attached hydrogens (tertiary/aromatic N) is 2. The third kappa shape index (κ3) is 7.46. The van der Waals surface area contributed by atoms with Crippen LogP contribution in [0.1, 0.15) is 64.2 Å². The van der Waals surface area contributed by atoms with Crippen LogP contribution in [-0.2, 0) is 19.5 Å². The molecule has 9 rings (SSSR count). The fourth-order valence-corrected chi connectivity index (χ4v) is 7.54. The number of aromatic carboxylic acids is 4. The minimum absolute atomic E-state index is 0. The molecule has 7 aromatic rings. The van der Waals surface area contributed by atoms with Gasteiger partial charge in [-0.25, -0.2) is 29.1 Å². The van der Waals surface area contributed by atoms with E-state index in [1.54, 1.807) is 48.5 Å². The number of aromatic nitrogens is 4. The Morgan fingerprint density at radius 2 is 0.525 bits per heavy atom. The molecule has 61 heavy (non-hydrogen) atoms. The molecule has 0 atom stereocenters. The summed E-state index contributed by atoms with van der Waals surface area (Å²) >= 11 is 0. The molecule has 0 amide bonds. The summed E-state index contributed by atoms with van der Waals surface area (Å²) in [6.07, 6.45) is 7.47. The fraction of sp³-hybridized carbons (Fsp3) is 0. The molecule has 2 aliphatic heterocycles. The van der Waals surface area contributed by atoms with E-state index >= 15 is 0 Å². The number of nitrogens with one attached hydrogen (secondary N) is 2. The first kappa shape index (κ1) is 39.8. The number of carbonyl (C=O) groups is 4. The Hall–Kier alpha value is -8.02. The number of carboxylic acids is 4. The summed E-state index contributed by atoms with van der Waals surface area (Å²) in [5.74, 6) is -4.25. The summed E-state index contributed by atoms with van der Waals surface area (Å²) in [5, 5.41) is 38.7. The van der Waals surface area contributed by atoms with Gasteiger partial charge in [0.05, 0.1) is 45.0 Å². The molecule has 13 heteroatoms. The largest absolute Gasteiger partial charge is 0.478 e. The molecule has 0 unspecified atom stereocenters. The van der Waals surface area contributed by atoms with Crippen LogP contribution in [0, 0.1) is 0 Å². The van der Waals surface area contributed by atoms with Gasteiger partial charge < -0.3 is 30.4 Å². The first-order valence-electron chi connectivity index (χ1n) is 18.5. The number of fused-ring (bicyclic) bond motifs is 8. The van der Waals surface area contributed by atoms with E-state index in [2.05, 4.69) is 9.97 Å². The average molecular weight is 892 g/mol. The van der Waals surface area contributed by atoms with Crippen LogP contribution in [0.3, 0.4) is 0 Å². The molecule has 0 spiro atoms. The maximum absolute atomic E-state index is 11.8. The van der Waals surface area contributed by atoms with Crippen molar-refractivity contribution in [2.75, 3.05) is 0 Å². The molecule has 3 aromatic heterocycles. The van der Waals surface area contributed by atoms with E-state index in [-0.39, 0.29) is 41.7 Å². The summed E-state index contributed by atoms with van der Waals surface area (Å²) in [6, 6.07) is 33.6. The van der Waals surface area contributed by atoms with Crippen molar-refractivity contribution in [3.63, 3.8) is 0 Å². The van der Waals surface area contributed by atoms with Crippen molar-refractivity contribution in [3.05, 3.63) is 166 Å². The number of carboxylic acid groups (broad SMARTS) is 4. The van der Waals surface area contributed by atoms with Crippen LogP contribution in [0.5, 0.6) is 0 Å². The van der Waals surface area contributed by atoms with Gasteiger partial charge in [-0.05, 0) is 119 Å². The third-order valence-electron chi connectivity index (χ3n) is 10.4. The van der Waals surface area contributed by atoms with E-state index < -0.39 is 23.9 Å². The number of hydrogen-bond donors (Lipinski definition) is 6. The maximum atomic E-state index is 11.8. The second-order valence-electron chi connectivity index (χ2n) is 14.0. The zero-order valence-electron chi connectivity index (χ0n) is 31.5. The van der Waals surface area contributed by atoms with Gasteiger partial charge in [0.1, 0.15) is 0 Å². The minimum Gasteiger partial charge on any atom is -0.478 e. The van der Waals surface area contributed by atoms with E-state index in [9.17, 15) is 39.6 Å². The quantitative estimate of drug-likeness (QED) is 0.0796. The van der Waals surface area contributed by atoms with Crippen molar-refractivity contribution in [2.45, 2.75) is 0 Å². The van der Waals surface area contributed by atoms with Gasteiger partial charge in [0, 0.05) is 63.8 Å². The van der Waals surface area contributed by atoms with E-state index in [0.29, 0.717) is 89.4 Å². The maximum Gasteiger partial charge on any atom is 0.335 e. The smallest absolute Gasteiger partial charge is 0.335 e. The molecule has 0 radical (unpaired) electrons. The Bertz CT molecular complexity index is 2760. The molecular weight excluding hydrogens is 862 g/mol. The number of rotatable bonds is 8. The van der Waals surface area contributed by atoms with E-state index in [1.165, 1.54) is 48.5 Å². The molecule has 12 nitrogen and oxygen atoms in total. The van der Waals surface area contributed by atoms with Crippen molar-refractivity contribution in [1.82, 2.24) is 19.9 Å². The summed E-state index contributed by atoms with van der Waals surface area (Å²) in [6.45, 7) is 0. The van der Waals surface area contributed by atoms with Gasteiger partial charge in [0.2, 0.25) is 0 Å². The van der Waals surface area contributed by atoms with Crippen molar-refractivity contribution in [2.24, 2.45) is 0 Å². The molecular formula is C48H30N4O8Ru. The van der Waals surface area contributed by atoms with Gasteiger partial charge in [-0.1, -0.05) is 48.5 Å². The molecule has 0 fully saturated rings. The third-order valence-corrected chi connectivity index (χ3v) is 10.4. The van der Waals surface area contributed by atoms with Crippen molar-refractivity contribution < 1.29 is 59.1 Å². The zero-order chi connectivity index (χ0) is 41.7. The summed E-state index contributed by atoms with van der Waals surface area (Å²) < 4.78 is 0. The van der Waals surface area contributed by atoms with E-state index in [0.717, 1.165) is 0 Å². The van der Waals surface area contributed by atoms with Crippen LogP contribution in [0.25, 0.3) is 90.9 Å². The number of benzene rings is 4. The molecule has 5 heterocycles. The minimum atomic E-state index is -1.06. The summed E-state index contributed by atoms with van der Waals surface area (Å²) in [4.78, 5) is 64.8. The van der Waals surface area contributed by atoms with Gasteiger partial charge in [0.25, 0.3) is 0 Å². The van der Waals surface area contributed by atoms with Crippen LogP contribution in [0.15, 0.2) is 121 Å². The summed E-state index contributed by atoms with van der Waals surface area (Å²) in [5.41, 5.74) is 10.7. The fourth-order valence-electron chi connectivity index (χ4n) is 7.54. The Labute approximate surface area is 358 Å². The van der Waals surface area contributed by atoms with Gasteiger partial charge in [-0.3, -0.25) is 0 Å². The van der Waals surface area contributed by atoms with Crippen LogP contribution in [0.4, 0.5) is 0 Å². The molecule has 0 saturated carbocycles. The molecule has 0 saturated heterocycles. The van der Waals surface area contributed by atoms with Gasteiger partial charge in [-0.2, -0.15) is 0 Å². The number of H-pyrrole nitrogens is 2. The summed E-state index contributed by atoms with van der Waals surface area (Å²) in [7, 11) is 0. The molecule has 0 aliphatic carbocycles. The standard InChI is InChI=1S/C48H30N4O8.Ru/c53-45(54)29-9-1-25(2-10-29)41-33-17-19-35(49-33)42(26-3-11-30(12-4-26)46(55)56)37-21-23-39(51-37)44(28-7-15-32(16-8-28)48(59)60)40-24-22-38(52-40)43(36-20-18-34(41)50-36)27-5-13-31(14-6-27)47(57)58;/h1-24,49,52H,(H,53,54)(H,55,56)(H,57,58)(H,59,60);. The van der Waals surface area contributed by atoms with Crippen LogP contribution in [0.2, 0.25) is 0 Å². The van der Waals surface area contributed by atoms with Crippen molar-refractivity contribution >= 4 is 70.2 Å². The van der Waals surface area contributed by atoms with Crippen LogP contribution < -0.4 is 0 Å². The monoisotopic (exact) mass is 892 g/mol. The van der Waals surface area contributed by atoms with E-state index in [4.69, 9.17) is 9.97 Å². The number of hydrogen-bond acceptors (Lipinski definition) is 6.